The lowest BCUT2D eigenvalue weighted by Gasteiger charge is -2.23. The molecule has 2 aromatic carbocycles. The molecule has 0 N–H and O–H groups in total. The van der Waals surface area contributed by atoms with Gasteiger partial charge >= 0.3 is 0 Å². The summed E-state index contributed by atoms with van der Waals surface area (Å²) in [5.41, 5.74) is 2.42. The summed E-state index contributed by atoms with van der Waals surface area (Å²) in [7, 11) is 0. The Hall–Kier alpha value is -2.13. The van der Waals surface area contributed by atoms with Crippen molar-refractivity contribution in [3.8, 4) is 0 Å². The molecule has 1 aliphatic rings. The fraction of sp³-hybridized carbons (Fsp3) is 0.350. The fourth-order valence-electron chi connectivity index (χ4n) is 3.75. The van der Waals surface area contributed by atoms with Gasteiger partial charge in [0.15, 0.2) is 5.76 Å². The molecule has 0 bridgehead atoms. The highest BCUT2D eigenvalue weighted by atomic mass is 16.5. The van der Waals surface area contributed by atoms with Crippen LogP contribution in [0.2, 0.25) is 0 Å². The van der Waals surface area contributed by atoms with Crippen LogP contribution in [-0.2, 0) is 13.0 Å². The molecule has 0 spiro atoms. The third-order valence-corrected chi connectivity index (χ3v) is 4.87. The van der Waals surface area contributed by atoms with Crippen LogP contribution in [0.25, 0.3) is 10.8 Å². The summed E-state index contributed by atoms with van der Waals surface area (Å²) in [4.78, 5) is 2.54. The van der Waals surface area contributed by atoms with Gasteiger partial charge < -0.3 is 4.52 Å². The molecule has 4 rings (SSSR count). The topological polar surface area (TPSA) is 29.3 Å². The molecule has 0 aliphatic carbocycles. The number of hydrogen-bond donors (Lipinski definition) is 0. The smallest absolute Gasteiger partial charge is 0.150 e. The Morgan fingerprint density at radius 3 is 2.91 bits per heavy atom. The highest BCUT2D eigenvalue weighted by Gasteiger charge is 2.26. The molecule has 118 valence electrons. The number of aromatic nitrogens is 1. The third kappa shape index (κ3) is 3.02. The van der Waals surface area contributed by atoms with E-state index in [2.05, 4.69) is 52.5 Å². The highest BCUT2D eigenvalue weighted by molar-refractivity contribution is 5.85. The molecule has 3 aromatic rings. The van der Waals surface area contributed by atoms with Crippen molar-refractivity contribution in [2.24, 2.45) is 0 Å². The van der Waals surface area contributed by atoms with Crippen LogP contribution in [0.3, 0.4) is 0 Å². The van der Waals surface area contributed by atoms with Crippen molar-refractivity contribution in [1.29, 1.82) is 0 Å². The summed E-state index contributed by atoms with van der Waals surface area (Å²) in [5.74, 6) is 0.979. The van der Waals surface area contributed by atoms with Crippen molar-refractivity contribution in [1.82, 2.24) is 10.1 Å². The number of rotatable bonds is 4. The Labute approximate surface area is 136 Å². The predicted molar refractivity (Wildman–Crippen MR) is 92.3 cm³/mol. The first-order valence-corrected chi connectivity index (χ1v) is 8.42. The first kappa shape index (κ1) is 14.5. The molecule has 1 aliphatic heterocycles. The van der Waals surface area contributed by atoms with Crippen molar-refractivity contribution < 1.29 is 4.52 Å². The number of aryl methyl sites for hydroxylation is 1. The lowest BCUT2D eigenvalue weighted by Crippen LogP contribution is -2.30. The zero-order chi connectivity index (χ0) is 15.6. The molecule has 1 saturated heterocycles. The standard InChI is InChI=1S/C20H22N2O/c1-15-12-19(23-21-15)14-22-11-5-9-18(22)13-17-8-4-7-16-6-2-3-10-20(16)17/h2-4,6-8,10,12,18H,5,9,11,13-14H2,1H3/t18-/m1/s1. The van der Waals surface area contributed by atoms with E-state index in [-0.39, 0.29) is 0 Å². The number of nitrogens with zero attached hydrogens (tertiary/aromatic N) is 2. The summed E-state index contributed by atoms with van der Waals surface area (Å²) in [6.45, 7) is 4.00. The van der Waals surface area contributed by atoms with Gasteiger partial charge in [0.1, 0.15) is 0 Å². The van der Waals surface area contributed by atoms with Crippen LogP contribution in [0.1, 0.15) is 29.9 Å². The van der Waals surface area contributed by atoms with E-state index in [0.29, 0.717) is 6.04 Å². The molecule has 0 unspecified atom stereocenters. The second-order valence-electron chi connectivity index (χ2n) is 6.54. The quantitative estimate of drug-likeness (QED) is 0.718. The van der Waals surface area contributed by atoms with Crippen LogP contribution in [0.15, 0.2) is 53.1 Å². The highest BCUT2D eigenvalue weighted by Crippen LogP contribution is 2.27. The molecule has 2 heterocycles. The number of hydrogen-bond acceptors (Lipinski definition) is 3. The minimum Gasteiger partial charge on any atom is -0.360 e. The van der Waals surface area contributed by atoms with Gasteiger partial charge in [-0.05, 0) is 49.1 Å². The normalized spacial score (nSPS) is 18.7. The van der Waals surface area contributed by atoms with Gasteiger partial charge in [-0.15, -0.1) is 0 Å². The lowest BCUT2D eigenvalue weighted by atomic mass is 9.97. The van der Waals surface area contributed by atoms with Gasteiger partial charge in [-0.1, -0.05) is 47.6 Å². The summed E-state index contributed by atoms with van der Waals surface area (Å²) >= 11 is 0. The first-order chi connectivity index (χ1) is 11.3. The van der Waals surface area contributed by atoms with E-state index in [9.17, 15) is 0 Å². The molecule has 0 radical (unpaired) electrons. The monoisotopic (exact) mass is 306 g/mol. The van der Waals surface area contributed by atoms with Gasteiger partial charge in [-0.25, -0.2) is 0 Å². The molecule has 0 saturated carbocycles. The minimum atomic E-state index is 0.589. The van der Waals surface area contributed by atoms with E-state index in [1.54, 1.807) is 0 Å². The van der Waals surface area contributed by atoms with Gasteiger partial charge in [0.25, 0.3) is 0 Å². The van der Waals surface area contributed by atoms with E-state index in [1.807, 2.05) is 13.0 Å². The molecule has 1 aromatic heterocycles. The van der Waals surface area contributed by atoms with Crippen molar-refractivity contribution in [3.63, 3.8) is 0 Å². The fourth-order valence-corrected chi connectivity index (χ4v) is 3.75. The van der Waals surface area contributed by atoms with Gasteiger partial charge in [0.2, 0.25) is 0 Å². The summed E-state index contributed by atoms with van der Waals surface area (Å²) in [6.07, 6.45) is 3.63. The van der Waals surface area contributed by atoms with Gasteiger partial charge in [-0.3, -0.25) is 4.90 Å². The van der Waals surface area contributed by atoms with Crippen LogP contribution in [0.4, 0.5) is 0 Å². The first-order valence-electron chi connectivity index (χ1n) is 8.42. The van der Waals surface area contributed by atoms with Crippen molar-refractivity contribution in [2.75, 3.05) is 6.54 Å². The molecule has 0 amide bonds. The summed E-state index contributed by atoms with van der Waals surface area (Å²) in [6, 6.07) is 18.0. The van der Waals surface area contributed by atoms with Crippen LogP contribution in [0.5, 0.6) is 0 Å². The van der Waals surface area contributed by atoms with E-state index in [4.69, 9.17) is 4.52 Å². The Morgan fingerprint density at radius 2 is 2.04 bits per heavy atom. The Kier molecular flexibility index (Phi) is 3.88. The van der Waals surface area contributed by atoms with Crippen molar-refractivity contribution in [2.45, 2.75) is 38.8 Å². The summed E-state index contributed by atoms with van der Waals surface area (Å²) in [5, 5.41) is 6.73. The number of benzene rings is 2. The molecular formula is C20H22N2O. The maximum absolute atomic E-state index is 5.40. The second kappa shape index (κ2) is 6.17. The minimum absolute atomic E-state index is 0.589. The van der Waals surface area contributed by atoms with Gasteiger partial charge in [-0.2, -0.15) is 0 Å². The average Bonchev–Trinajstić information content (AvgIpc) is 3.17. The van der Waals surface area contributed by atoms with Crippen LogP contribution in [0, 0.1) is 6.92 Å². The molecule has 3 heteroatoms. The lowest BCUT2D eigenvalue weighted by molar-refractivity contribution is 0.214. The van der Waals surface area contributed by atoms with Crippen molar-refractivity contribution in [3.05, 3.63) is 65.5 Å². The second-order valence-corrected chi connectivity index (χ2v) is 6.54. The maximum atomic E-state index is 5.40. The Balaban J connectivity index is 1.54. The zero-order valence-electron chi connectivity index (χ0n) is 13.5. The Morgan fingerprint density at radius 1 is 1.17 bits per heavy atom. The average molecular weight is 306 g/mol. The summed E-state index contributed by atoms with van der Waals surface area (Å²) < 4.78 is 5.40. The van der Waals surface area contributed by atoms with E-state index in [1.165, 1.54) is 29.2 Å². The van der Waals surface area contributed by atoms with Crippen molar-refractivity contribution >= 4 is 10.8 Å². The van der Waals surface area contributed by atoms with Crippen LogP contribution in [-0.4, -0.2) is 22.6 Å². The molecular weight excluding hydrogens is 284 g/mol. The zero-order valence-corrected chi connectivity index (χ0v) is 13.5. The largest absolute Gasteiger partial charge is 0.360 e. The molecule has 1 atom stereocenters. The number of likely N-dealkylation sites (tertiary alicyclic amines) is 1. The Bertz CT molecular complexity index is 803. The maximum Gasteiger partial charge on any atom is 0.150 e. The molecule has 3 nitrogen and oxygen atoms in total. The van der Waals surface area contributed by atoms with Gasteiger partial charge in [0, 0.05) is 12.1 Å². The van der Waals surface area contributed by atoms with Crippen LogP contribution >= 0.6 is 0 Å². The van der Waals surface area contributed by atoms with Gasteiger partial charge in [0.05, 0.1) is 12.2 Å². The SMILES string of the molecule is Cc1cc(CN2CCC[C@@H]2Cc2cccc3ccccc23)on1. The molecule has 1 fully saturated rings. The van der Waals surface area contributed by atoms with E-state index < -0.39 is 0 Å². The van der Waals surface area contributed by atoms with E-state index in [0.717, 1.165) is 31.0 Å². The third-order valence-electron chi connectivity index (χ3n) is 4.87. The van der Waals surface area contributed by atoms with E-state index >= 15 is 0 Å². The number of fused-ring (bicyclic) bond motifs is 1. The van der Waals surface area contributed by atoms with Crippen LogP contribution < -0.4 is 0 Å². The predicted octanol–water partition coefficient (Wildman–Crippen LogP) is 4.34. The molecule has 23 heavy (non-hydrogen) atoms.